The van der Waals surface area contributed by atoms with Crippen molar-refractivity contribution in [3.05, 3.63) is 40.0 Å². The molecule has 2 heterocycles. The Balaban J connectivity index is 2.22. The zero-order valence-corrected chi connectivity index (χ0v) is 34.9. The standard InChI is InChI=1S/C43H72N2O5/c1-18-19-20-29(36(47)49-33-21-23-40(8,9)44(16)42(33,12)13)30(37(48)50-34-22-24-41(10,11)45(17)43(34,14)15)25-28-26-31(38(2,3)4)35(46)32(27-28)39(5,6)7/h26-27,33-34,46H,18-25H2,1-17H3. The molecule has 0 amide bonds. The lowest BCUT2D eigenvalue weighted by atomic mass is 9.77. The van der Waals surface area contributed by atoms with Crippen LogP contribution >= 0.6 is 0 Å². The van der Waals surface area contributed by atoms with Crippen molar-refractivity contribution in [2.24, 2.45) is 0 Å². The first-order chi connectivity index (χ1) is 22.6. The SMILES string of the molecule is CCCCC(C(=O)OC1CCC(C)(C)N(C)C1(C)C)=C(Cc1cc(C(C)(C)C)c(O)c(C(C)(C)C)c1)C(=O)OC1CCC(C)(C)N(C)C1(C)C. The number of phenolic OH excluding ortho intramolecular Hbond substituents is 1. The molecule has 2 fully saturated rings. The van der Waals surface area contributed by atoms with Gasteiger partial charge in [-0.25, -0.2) is 9.59 Å². The molecule has 0 bridgehead atoms. The van der Waals surface area contributed by atoms with Crippen LogP contribution in [0.3, 0.4) is 0 Å². The third-order valence-corrected chi connectivity index (χ3v) is 12.5. The van der Waals surface area contributed by atoms with E-state index in [4.69, 9.17) is 9.47 Å². The molecule has 284 valence electrons. The third-order valence-electron chi connectivity index (χ3n) is 12.5. The van der Waals surface area contributed by atoms with Crippen molar-refractivity contribution in [2.75, 3.05) is 14.1 Å². The molecule has 3 rings (SSSR count). The summed E-state index contributed by atoms with van der Waals surface area (Å²) in [6.07, 6.45) is 4.81. The van der Waals surface area contributed by atoms with E-state index in [9.17, 15) is 14.7 Å². The second kappa shape index (κ2) is 14.6. The number of nitrogens with zero attached hydrogens (tertiary/aromatic N) is 2. The van der Waals surface area contributed by atoms with Crippen LogP contribution in [0, 0.1) is 0 Å². The number of likely N-dealkylation sites (N-methyl/N-ethyl adjacent to an activating group) is 2. The van der Waals surface area contributed by atoms with Crippen LogP contribution in [0.5, 0.6) is 5.75 Å². The summed E-state index contributed by atoms with van der Waals surface area (Å²) in [6.45, 7) is 32.1. The van der Waals surface area contributed by atoms with Crippen LogP contribution in [0.2, 0.25) is 0 Å². The van der Waals surface area contributed by atoms with E-state index < -0.39 is 23.0 Å². The number of unbranched alkanes of at least 4 members (excludes halogenated alkanes) is 1. The Labute approximate surface area is 305 Å². The summed E-state index contributed by atoms with van der Waals surface area (Å²) in [4.78, 5) is 33.8. The van der Waals surface area contributed by atoms with Gasteiger partial charge in [0.05, 0.1) is 16.7 Å². The monoisotopic (exact) mass is 697 g/mol. The smallest absolute Gasteiger partial charge is 0.335 e. The van der Waals surface area contributed by atoms with Gasteiger partial charge in [0, 0.05) is 23.1 Å². The average molecular weight is 697 g/mol. The molecule has 0 aliphatic carbocycles. The van der Waals surface area contributed by atoms with Crippen LogP contribution in [0.1, 0.15) is 165 Å². The predicted octanol–water partition coefficient (Wildman–Crippen LogP) is 9.41. The predicted molar refractivity (Wildman–Crippen MR) is 206 cm³/mol. The number of phenols is 1. The molecule has 2 aliphatic rings. The zero-order chi connectivity index (χ0) is 38.4. The topological polar surface area (TPSA) is 79.3 Å². The van der Waals surface area contributed by atoms with Crippen molar-refractivity contribution < 1.29 is 24.2 Å². The number of hydrogen-bond acceptors (Lipinski definition) is 7. The number of likely N-dealkylation sites (tertiary alicyclic amines) is 2. The summed E-state index contributed by atoms with van der Waals surface area (Å²) in [6, 6.07) is 4.01. The van der Waals surface area contributed by atoms with Crippen LogP contribution in [0.4, 0.5) is 0 Å². The number of hydrogen-bond donors (Lipinski definition) is 1. The van der Waals surface area contributed by atoms with Gasteiger partial charge in [-0.15, -0.1) is 0 Å². The van der Waals surface area contributed by atoms with Gasteiger partial charge >= 0.3 is 11.9 Å². The van der Waals surface area contributed by atoms with Crippen LogP contribution in [0.25, 0.3) is 0 Å². The normalized spacial score (nSPS) is 24.3. The Morgan fingerprint density at radius 3 is 1.48 bits per heavy atom. The minimum atomic E-state index is -0.455. The highest BCUT2D eigenvalue weighted by Gasteiger charge is 2.49. The lowest BCUT2D eigenvalue weighted by Crippen LogP contribution is -2.63. The molecule has 7 heteroatoms. The molecular weight excluding hydrogens is 624 g/mol. The Morgan fingerprint density at radius 1 is 0.740 bits per heavy atom. The summed E-state index contributed by atoms with van der Waals surface area (Å²) in [5.74, 6) is -0.597. The van der Waals surface area contributed by atoms with E-state index in [0.29, 0.717) is 17.6 Å². The van der Waals surface area contributed by atoms with E-state index in [1.165, 1.54) is 0 Å². The fourth-order valence-corrected chi connectivity index (χ4v) is 7.99. The Bertz CT molecular complexity index is 1400. The van der Waals surface area contributed by atoms with Crippen molar-refractivity contribution in [1.29, 1.82) is 0 Å². The molecule has 2 unspecified atom stereocenters. The highest BCUT2D eigenvalue weighted by atomic mass is 16.6. The molecule has 1 N–H and O–H groups in total. The molecule has 0 aromatic heterocycles. The van der Waals surface area contributed by atoms with Gasteiger partial charge in [-0.3, -0.25) is 9.80 Å². The van der Waals surface area contributed by atoms with Crippen molar-refractivity contribution in [3.63, 3.8) is 0 Å². The molecule has 0 saturated carbocycles. The highest BCUT2D eigenvalue weighted by Crippen LogP contribution is 2.43. The lowest BCUT2D eigenvalue weighted by Gasteiger charge is -2.54. The molecule has 1 aromatic carbocycles. The van der Waals surface area contributed by atoms with Crippen LogP contribution in [-0.2, 0) is 36.3 Å². The van der Waals surface area contributed by atoms with Gasteiger partial charge in [-0.1, -0.05) is 67.0 Å². The van der Waals surface area contributed by atoms with Crippen molar-refractivity contribution in [3.8, 4) is 5.75 Å². The summed E-state index contributed by atoms with van der Waals surface area (Å²) in [5, 5.41) is 11.5. The fourth-order valence-electron chi connectivity index (χ4n) is 7.99. The van der Waals surface area contributed by atoms with E-state index in [2.05, 4.69) is 128 Å². The number of esters is 2. The number of piperidine rings is 2. The Hall–Kier alpha value is -2.38. The van der Waals surface area contributed by atoms with Crippen molar-refractivity contribution in [1.82, 2.24) is 9.80 Å². The second-order valence-electron chi connectivity index (χ2n) is 19.7. The largest absolute Gasteiger partial charge is 0.507 e. The molecule has 1 aromatic rings. The van der Waals surface area contributed by atoms with Gasteiger partial charge in [0.25, 0.3) is 0 Å². The van der Waals surface area contributed by atoms with Crippen molar-refractivity contribution in [2.45, 2.75) is 200 Å². The minimum Gasteiger partial charge on any atom is -0.507 e. The molecule has 2 aliphatic heterocycles. The maximum absolute atomic E-state index is 14.7. The van der Waals surface area contributed by atoms with E-state index in [-0.39, 0.29) is 46.3 Å². The number of carbonyl (C=O) groups excluding carboxylic acids is 2. The maximum Gasteiger partial charge on any atom is 0.335 e. The van der Waals surface area contributed by atoms with Gasteiger partial charge in [-0.05, 0) is 136 Å². The first-order valence-electron chi connectivity index (χ1n) is 19.1. The van der Waals surface area contributed by atoms with Crippen LogP contribution in [0.15, 0.2) is 23.3 Å². The summed E-state index contributed by atoms with van der Waals surface area (Å²) in [7, 11) is 4.20. The van der Waals surface area contributed by atoms with E-state index in [0.717, 1.165) is 55.2 Å². The van der Waals surface area contributed by atoms with Gasteiger partial charge in [0.1, 0.15) is 18.0 Å². The molecule has 0 spiro atoms. The van der Waals surface area contributed by atoms with Crippen molar-refractivity contribution >= 4 is 11.9 Å². The fraction of sp³-hybridized carbons (Fsp3) is 0.767. The van der Waals surface area contributed by atoms with E-state index in [1.54, 1.807) is 0 Å². The Morgan fingerprint density at radius 2 is 1.12 bits per heavy atom. The second-order valence-corrected chi connectivity index (χ2v) is 19.7. The van der Waals surface area contributed by atoms with E-state index >= 15 is 0 Å². The number of ether oxygens (including phenoxy) is 2. The third kappa shape index (κ3) is 8.80. The first kappa shape index (κ1) is 42.0. The first-order valence-corrected chi connectivity index (χ1v) is 19.1. The number of aromatic hydroxyl groups is 1. The average Bonchev–Trinajstić information content (AvgIpc) is 2.97. The molecule has 0 radical (unpaired) electrons. The summed E-state index contributed by atoms with van der Waals surface area (Å²) < 4.78 is 13.0. The lowest BCUT2D eigenvalue weighted by molar-refractivity contribution is -0.166. The molecule has 2 saturated heterocycles. The van der Waals surface area contributed by atoms with Gasteiger partial charge < -0.3 is 14.6 Å². The van der Waals surface area contributed by atoms with Gasteiger partial charge in [-0.2, -0.15) is 0 Å². The highest BCUT2D eigenvalue weighted by molar-refractivity contribution is 6.01. The summed E-state index contributed by atoms with van der Waals surface area (Å²) in [5.41, 5.74) is 1.73. The minimum absolute atomic E-state index is 0.0226. The van der Waals surface area contributed by atoms with E-state index in [1.807, 2.05) is 12.1 Å². The maximum atomic E-state index is 14.7. The number of carbonyl (C=O) groups is 2. The molecular formula is C43H72N2O5. The van der Waals surface area contributed by atoms with Crippen LogP contribution < -0.4 is 0 Å². The molecule has 2 atom stereocenters. The molecule has 50 heavy (non-hydrogen) atoms. The zero-order valence-electron chi connectivity index (χ0n) is 34.9. The van der Waals surface area contributed by atoms with Crippen LogP contribution in [-0.4, -0.2) is 75.3 Å². The quantitative estimate of drug-likeness (QED) is 0.204. The number of rotatable bonds is 9. The summed E-state index contributed by atoms with van der Waals surface area (Å²) >= 11 is 0. The Kier molecular flexibility index (Phi) is 12.2. The number of benzene rings is 1. The van der Waals surface area contributed by atoms with Gasteiger partial charge in [0.2, 0.25) is 0 Å². The molecule has 7 nitrogen and oxygen atoms in total. The van der Waals surface area contributed by atoms with Gasteiger partial charge in [0.15, 0.2) is 0 Å².